The zero-order chi connectivity index (χ0) is 15.5. The topological polar surface area (TPSA) is 75.4 Å². The maximum Gasteiger partial charge on any atom is 0.273 e. The first-order valence-corrected chi connectivity index (χ1v) is 7.56. The minimum absolute atomic E-state index is 0.0164. The summed E-state index contributed by atoms with van der Waals surface area (Å²) in [5.41, 5.74) is -0.501. The number of benzene rings is 1. The second kappa shape index (κ2) is 6.53. The Balaban J connectivity index is 2.04. The van der Waals surface area contributed by atoms with Gasteiger partial charge in [0, 0.05) is 34.6 Å². The van der Waals surface area contributed by atoms with Crippen LogP contribution in [0.3, 0.4) is 0 Å². The summed E-state index contributed by atoms with van der Waals surface area (Å²) < 4.78 is 0. The van der Waals surface area contributed by atoms with Gasteiger partial charge in [0.15, 0.2) is 0 Å². The van der Waals surface area contributed by atoms with E-state index >= 15 is 0 Å². The van der Waals surface area contributed by atoms with Crippen LogP contribution in [-0.2, 0) is 12.1 Å². The van der Waals surface area contributed by atoms with Gasteiger partial charge in [-0.3, -0.25) is 10.1 Å². The number of rotatable bonds is 6. The molecule has 2 aromatic rings. The van der Waals surface area contributed by atoms with Crippen LogP contribution in [0.5, 0.6) is 0 Å². The van der Waals surface area contributed by atoms with Crippen LogP contribution >= 0.6 is 22.9 Å². The molecule has 5 nitrogen and oxygen atoms in total. The molecule has 2 rings (SSSR count). The number of hydrogen-bond donors (Lipinski definition) is 2. The summed E-state index contributed by atoms with van der Waals surface area (Å²) in [6.45, 7) is 2.26. The minimum atomic E-state index is -1.01. The number of hydrogen-bond acceptors (Lipinski definition) is 5. The maximum absolute atomic E-state index is 11.0. The third-order valence-electron chi connectivity index (χ3n) is 3.07. The lowest BCUT2D eigenvalue weighted by molar-refractivity contribution is -0.385. The molecule has 0 fully saturated rings. The standard InChI is InChI=1S/C14H15ClN2O3S/c1-14(18,13-3-2-6-21-13)9-16-8-10-7-11(15)4-5-12(10)17(19)20/h2-7,16,18H,8-9H2,1H3. The Bertz CT molecular complexity index is 629. The lowest BCUT2D eigenvalue weighted by Gasteiger charge is -2.22. The fourth-order valence-corrected chi connectivity index (χ4v) is 2.97. The van der Waals surface area contributed by atoms with E-state index < -0.39 is 10.5 Å². The molecule has 1 atom stereocenters. The van der Waals surface area contributed by atoms with E-state index in [0.29, 0.717) is 10.6 Å². The van der Waals surface area contributed by atoms with Crippen molar-refractivity contribution in [3.63, 3.8) is 0 Å². The average Bonchev–Trinajstić information content (AvgIpc) is 2.92. The smallest absolute Gasteiger partial charge is 0.273 e. The predicted octanol–water partition coefficient (Wildman–Crippen LogP) is 3.31. The van der Waals surface area contributed by atoms with Crippen molar-refractivity contribution < 1.29 is 10.0 Å². The highest BCUT2D eigenvalue weighted by molar-refractivity contribution is 7.10. The SMILES string of the molecule is CC(O)(CNCc1cc(Cl)ccc1[N+](=O)[O-])c1cccs1. The Labute approximate surface area is 131 Å². The predicted molar refractivity (Wildman–Crippen MR) is 83.7 cm³/mol. The highest BCUT2D eigenvalue weighted by Gasteiger charge is 2.24. The molecule has 1 heterocycles. The maximum atomic E-state index is 11.0. The van der Waals surface area contributed by atoms with Crippen LogP contribution in [0.15, 0.2) is 35.7 Å². The van der Waals surface area contributed by atoms with Crippen LogP contribution < -0.4 is 5.32 Å². The van der Waals surface area contributed by atoms with Crippen molar-refractivity contribution in [2.45, 2.75) is 19.1 Å². The molecule has 0 aliphatic rings. The van der Waals surface area contributed by atoms with Gasteiger partial charge in [0.05, 0.1) is 4.92 Å². The second-order valence-electron chi connectivity index (χ2n) is 4.88. The van der Waals surface area contributed by atoms with E-state index in [1.807, 2.05) is 17.5 Å². The average molecular weight is 327 g/mol. The summed E-state index contributed by atoms with van der Waals surface area (Å²) in [6, 6.07) is 8.17. The molecule has 0 amide bonds. The molecule has 7 heteroatoms. The van der Waals surface area contributed by atoms with Crippen molar-refractivity contribution in [1.29, 1.82) is 0 Å². The van der Waals surface area contributed by atoms with Crippen LogP contribution in [0.2, 0.25) is 5.02 Å². The van der Waals surface area contributed by atoms with Crippen molar-refractivity contribution in [1.82, 2.24) is 5.32 Å². The highest BCUT2D eigenvalue weighted by Crippen LogP contribution is 2.25. The van der Waals surface area contributed by atoms with Crippen LogP contribution in [0.4, 0.5) is 5.69 Å². The van der Waals surface area contributed by atoms with E-state index in [4.69, 9.17) is 11.6 Å². The van der Waals surface area contributed by atoms with E-state index in [9.17, 15) is 15.2 Å². The molecule has 1 aromatic carbocycles. The molecule has 0 saturated carbocycles. The molecule has 0 aliphatic heterocycles. The largest absolute Gasteiger partial charge is 0.383 e. The van der Waals surface area contributed by atoms with E-state index in [0.717, 1.165) is 4.88 Å². The Morgan fingerprint density at radius 3 is 2.86 bits per heavy atom. The van der Waals surface area contributed by atoms with Gasteiger partial charge in [0.2, 0.25) is 0 Å². The number of nitrogens with zero attached hydrogens (tertiary/aromatic N) is 1. The number of aliphatic hydroxyl groups is 1. The third kappa shape index (κ3) is 4.01. The van der Waals surface area contributed by atoms with Gasteiger partial charge in [-0.2, -0.15) is 0 Å². The number of thiophene rings is 1. The summed E-state index contributed by atoms with van der Waals surface area (Å²) in [6.07, 6.45) is 0. The normalized spacial score (nSPS) is 13.9. The minimum Gasteiger partial charge on any atom is -0.383 e. The van der Waals surface area contributed by atoms with Crippen LogP contribution in [-0.4, -0.2) is 16.6 Å². The Hall–Kier alpha value is -1.47. The number of halogens is 1. The van der Waals surface area contributed by atoms with E-state index in [-0.39, 0.29) is 18.8 Å². The molecule has 1 aromatic heterocycles. The van der Waals surface area contributed by atoms with Crippen LogP contribution in [0.25, 0.3) is 0 Å². The molecule has 0 bridgehead atoms. The zero-order valence-corrected chi connectivity index (χ0v) is 12.9. The van der Waals surface area contributed by atoms with Crippen molar-refractivity contribution in [2.75, 3.05) is 6.54 Å². The monoisotopic (exact) mass is 326 g/mol. The van der Waals surface area contributed by atoms with Gasteiger partial charge in [-0.15, -0.1) is 11.3 Å². The van der Waals surface area contributed by atoms with Crippen molar-refractivity contribution in [3.05, 3.63) is 61.3 Å². The molecule has 2 N–H and O–H groups in total. The van der Waals surface area contributed by atoms with Crippen LogP contribution in [0.1, 0.15) is 17.4 Å². The summed E-state index contributed by atoms with van der Waals surface area (Å²) in [4.78, 5) is 11.4. The summed E-state index contributed by atoms with van der Waals surface area (Å²) in [5, 5.41) is 26.7. The van der Waals surface area contributed by atoms with Gasteiger partial charge in [-0.1, -0.05) is 17.7 Å². The molecule has 0 radical (unpaired) electrons. The second-order valence-corrected chi connectivity index (χ2v) is 6.27. The Kier molecular flexibility index (Phi) is 4.95. The fourth-order valence-electron chi connectivity index (χ4n) is 1.99. The highest BCUT2D eigenvalue weighted by atomic mass is 35.5. The van der Waals surface area contributed by atoms with Crippen molar-refractivity contribution in [2.24, 2.45) is 0 Å². The lowest BCUT2D eigenvalue weighted by atomic mass is 10.0. The fraction of sp³-hybridized carbons (Fsp3) is 0.286. The quantitative estimate of drug-likeness (QED) is 0.631. The molecular weight excluding hydrogens is 312 g/mol. The van der Waals surface area contributed by atoms with Gasteiger partial charge >= 0.3 is 0 Å². The first-order valence-electron chi connectivity index (χ1n) is 6.30. The number of nitro benzene ring substituents is 1. The van der Waals surface area contributed by atoms with E-state index in [2.05, 4.69) is 5.32 Å². The molecule has 0 spiro atoms. The first kappa shape index (κ1) is 15.9. The third-order valence-corrected chi connectivity index (χ3v) is 4.43. The van der Waals surface area contributed by atoms with Gasteiger partial charge in [0.25, 0.3) is 5.69 Å². The van der Waals surface area contributed by atoms with Crippen molar-refractivity contribution in [3.8, 4) is 0 Å². The van der Waals surface area contributed by atoms with E-state index in [1.165, 1.54) is 23.5 Å². The van der Waals surface area contributed by atoms with Gasteiger partial charge in [0.1, 0.15) is 5.60 Å². The van der Waals surface area contributed by atoms with Crippen LogP contribution in [0, 0.1) is 10.1 Å². The van der Waals surface area contributed by atoms with Crippen molar-refractivity contribution >= 4 is 28.6 Å². The Morgan fingerprint density at radius 1 is 1.48 bits per heavy atom. The van der Waals surface area contributed by atoms with Gasteiger partial charge in [-0.25, -0.2) is 0 Å². The molecule has 112 valence electrons. The molecule has 1 unspecified atom stereocenters. The molecular formula is C14H15ClN2O3S. The summed E-state index contributed by atoms with van der Waals surface area (Å²) >= 11 is 7.34. The molecule has 0 saturated heterocycles. The zero-order valence-electron chi connectivity index (χ0n) is 11.4. The van der Waals surface area contributed by atoms with Gasteiger partial charge in [-0.05, 0) is 30.5 Å². The summed E-state index contributed by atoms with van der Waals surface area (Å²) in [5.74, 6) is 0. The molecule has 21 heavy (non-hydrogen) atoms. The van der Waals surface area contributed by atoms with Gasteiger partial charge < -0.3 is 10.4 Å². The van der Waals surface area contributed by atoms with E-state index in [1.54, 1.807) is 13.0 Å². The Morgan fingerprint density at radius 2 is 2.24 bits per heavy atom. The lowest BCUT2D eigenvalue weighted by Crippen LogP contribution is -2.34. The number of nitrogens with one attached hydrogen (secondary N) is 1. The summed E-state index contributed by atoms with van der Waals surface area (Å²) in [7, 11) is 0. The molecule has 0 aliphatic carbocycles. The number of nitro groups is 1. The first-order chi connectivity index (χ1) is 9.90.